The lowest BCUT2D eigenvalue weighted by Gasteiger charge is -2.26. The lowest BCUT2D eigenvalue weighted by molar-refractivity contribution is -0.139. The maximum atomic E-state index is 14.0. The molecular formula is C32H27BrCl2N2O6S. The molecule has 0 N–H and O–H groups in total. The van der Waals surface area contributed by atoms with E-state index in [9.17, 15) is 9.59 Å². The van der Waals surface area contributed by atoms with Gasteiger partial charge in [0.1, 0.15) is 12.4 Å². The van der Waals surface area contributed by atoms with E-state index < -0.39 is 12.0 Å². The van der Waals surface area contributed by atoms with Gasteiger partial charge in [-0.15, -0.1) is 0 Å². The molecule has 2 heterocycles. The number of thiazole rings is 1. The standard InChI is InChI=1S/C32H27BrCl2N2O6S/c1-5-42-31(39)28-17(2)36-32-37(29(28)22-14-25(40-3)26(41-4)15-23(22)33)30(38)27(44-32)12-18-6-10-21(11-7-18)43-16-19-8-9-20(34)13-24(19)35/h6-15,29H,5,16H2,1-4H3. The Balaban J connectivity index is 1.54. The van der Waals surface area contributed by atoms with Crippen LogP contribution < -0.4 is 29.1 Å². The summed E-state index contributed by atoms with van der Waals surface area (Å²) >= 11 is 17.1. The van der Waals surface area contributed by atoms with Crippen molar-refractivity contribution in [3.8, 4) is 17.2 Å². The number of carbonyl (C=O) groups is 1. The summed E-state index contributed by atoms with van der Waals surface area (Å²) in [5.74, 6) is 1.04. The van der Waals surface area contributed by atoms with E-state index in [1.807, 2.05) is 30.3 Å². The molecule has 4 aromatic rings. The molecule has 3 aromatic carbocycles. The molecular weight excluding hydrogens is 691 g/mol. The number of allylic oxidation sites excluding steroid dienone is 1. The van der Waals surface area contributed by atoms with Crippen LogP contribution in [0.4, 0.5) is 0 Å². The summed E-state index contributed by atoms with van der Waals surface area (Å²) in [5, 5.41) is 1.09. The van der Waals surface area contributed by atoms with Crippen LogP contribution >= 0.6 is 50.5 Å². The van der Waals surface area contributed by atoms with Crippen LogP contribution in [0.2, 0.25) is 10.0 Å². The van der Waals surface area contributed by atoms with Crippen LogP contribution in [0, 0.1) is 0 Å². The van der Waals surface area contributed by atoms with Gasteiger partial charge in [-0.1, -0.05) is 68.7 Å². The average molecular weight is 718 g/mol. The first-order chi connectivity index (χ1) is 21.1. The van der Waals surface area contributed by atoms with Crippen LogP contribution in [-0.2, 0) is 16.1 Å². The molecule has 0 fully saturated rings. The molecule has 1 aromatic heterocycles. The van der Waals surface area contributed by atoms with Gasteiger partial charge in [0.15, 0.2) is 16.3 Å². The zero-order valence-corrected chi connectivity index (χ0v) is 28.1. The molecule has 0 radical (unpaired) electrons. The number of esters is 1. The van der Waals surface area contributed by atoms with Crippen LogP contribution in [0.5, 0.6) is 17.2 Å². The molecule has 0 aliphatic carbocycles. The molecule has 228 valence electrons. The third-order valence-corrected chi connectivity index (χ3v) is 9.16. The Kier molecular flexibility index (Phi) is 9.84. The molecule has 0 amide bonds. The predicted molar refractivity (Wildman–Crippen MR) is 175 cm³/mol. The van der Waals surface area contributed by atoms with Crippen molar-refractivity contribution in [3.05, 3.63) is 117 Å². The van der Waals surface area contributed by atoms with E-state index in [4.69, 9.17) is 42.1 Å². The Morgan fingerprint density at radius 3 is 2.43 bits per heavy atom. The molecule has 0 saturated carbocycles. The number of hydrogen-bond donors (Lipinski definition) is 0. The number of rotatable bonds is 9. The molecule has 1 aliphatic heterocycles. The number of carbonyl (C=O) groups excluding carboxylic acids is 1. The van der Waals surface area contributed by atoms with Gasteiger partial charge in [-0.3, -0.25) is 9.36 Å². The van der Waals surface area contributed by atoms with E-state index >= 15 is 0 Å². The molecule has 1 atom stereocenters. The minimum Gasteiger partial charge on any atom is -0.493 e. The second-order valence-electron chi connectivity index (χ2n) is 9.62. The zero-order chi connectivity index (χ0) is 31.5. The topological polar surface area (TPSA) is 88.4 Å². The first-order valence-electron chi connectivity index (χ1n) is 13.4. The highest BCUT2D eigenvalue weighted by Crippen LogP contribution is 2.40. The van der Waals surface area contributed by atoms with E-state index in [1.54, 1.807) is 44.2 Å². The molecule has 8 nitrogen and oxygen atoms in total. The fourth-order valence-electron chi connectivity index (χ4n) is 4.78. The summed E-state index contributed by atoms with van der Waals surface area (Å²) in [7, 11) is 3.06. The SMILES string of the molecule is CCOC(=O)C1=C(C)N=c2sc(=Cc3ccc(OCc4ccc(Cl)cc4Cl)cc3)c(=O)n2C1c1cc(OC)c(OC)cc1Br. The number of halogens is 3. The van der Waals surface area contributed by atoms with E-state index in [0.29, 0.717) is 52.4 Å². The molecule has 0 saturated heterocycles. The van der Waals surface area contributed by atoms with Crippen LogP contribution in [0.1, 0.15) is 36.6 Å². The maximum absolute atomic E-state index is 14.0. The van der Waals surface area contributed by atoms with Gasteiger partial charge in [0, 0.05) is 20.1 Å². The summed E-state index contributed by atoms with van der Waals surface area (Å²) in [4.78, 5) is 32.4. The molecule has 0 spiro atoms. The van der Waals surface area contributed by atoms with Gasteiger partial charge >= 0.3 is 5.97 Å². The minimum absolute atomic E-state index is 0.173. The number of methoxy groups -OCH3 is 2. The number of benzene rings is 3. The number of hydrogen-bond acceptors (Lipinski definition) is 8. The highest BCUT2D eigenvalue weighted by molar-refractivity contribution is 9.10. The number of fused-ring (bicyclic) bond motifs is 1. The first-order valence-corrected chi connectivity index (χ1v) is 15.8. The summed E-state index contributed by atoms with van der Waals surface area (Å²) < 4.78 is 24.9. The Labute approximate surface area is 275 Å². The predicted octanol–water partition coefficient (Wildman–Crippen LogP) is 6.46. The molecule has 5 rings (SSSR count). The van der Waals surface area contributed by atoms with Gasteiger partial charge in [-0.25, -0.2) is 9.79 Å². The lowest BCUT2D eigenvalue weighted by atomic mass is 9.95. The van der Waals surface area contributed by atoms with Crippen molar-refractivity contribution in [3.63, 3.8) is 0 Å². The van der Waals surface area contributed by atoms with Crippen molar-refractivity contribution in [1.82, 2.24) is 4.57 Å². The number of aromatic nitrogens is 1. The van der Waals surface area contributed by atoms with Gasteiger partial charge in [0.25, 0.3) is 5.56 Å². The minimum atomic E-state index is -0.822. The number of ether oxygens (including phenoxy) is 4. The number of nitrogens with zero attached hydrogens (tertiary/aromatic N) is 2. The van der Waals surface area contributed by atoms with E-state index in [0.717, 1.165) is 11.1 Å². The molecule has 12 heteroatoms. The highest BCUT2D eigenvalue weighted by Gasteiger charge is 2.35. The third kappa shape index (κ3) is 6.44. The van der Waals surface area contributed by atoms with Crippen molar-refractivity contribution in [2.75, 3.05) is 20.8 Å². The summed E-state index contributed by atoms with van der Waals surface area (Å²) in [6, 6.07) is 15.3. The summed E-state index contributed by atoms with van der Waals surface area (Å²) in [6.07, 6.45) is 1.79. The second-order valence-corrected chi connectivity index (χ2v) is 12.3. The fourth-order valence-corrected chi connectivity index (χ4v) is 6.83. The largest absolute Gasteiger partial charge is 0.493 e. The van der Waals surface area contributed by atoms with Gasteiger partial charge in [-0.2, -0.15) is 0 Å². The normalized spacial score (nSPS) is 14.6. The Hall–Kier alpha value is -3.57. The van der Waals surface area contributed by atoms with Gasteiger partial charge in [0.05, 0.1) is 42.7 Å². The van der Waals surface area contributed by atoms with Crippen LogP contribution in [-0.4, -0.2) is 31.4 Å². The van der Waals surface area contributed by atoms with Crippen LogP contribution in [0.3, 0.4) is 0 Å². The molecule has 44 heavy (non-hydrogen) atoms. The molecule has 1 unspecified atom stereocenters. The Bertz CT molecular complexity index is 1950. The van der Waals surface area contributed by atoms with Crippen molar-refractivity contribution >= 4 is 62.5 Å². The van der Waals surface area contributed by atoms with Crippen LogP contribution in [0.25, 0.3) is 6.08 Å². The third-order valence-electron chi connectivity index (χ3n) is 6.90. The van der Waals surface area contributed by atoms with Gasteiger partial charge in [0.2, 0.25) is 0 Å². The maximum Gasteiger partial charge on any atom is 0.338 e. The monoisotopic (exact) mass is 716 g/mol. The summed E-state index contributed by atoms with van der Waals surface area (Å²) in [5.41, 5.74) is 2.65. The quantitative estimate of drug-likeness (QED) is 0.185. The van der Waals surface area contributed by atoms with Crippen molar-refractivity contribution in [1.29, 1.82) is 0 Å². The Morgan fingerprint density at radius 1 is 1.07 bits per heavy atom. The summed E-state index contributed by atoms with van der Waals surface area (Å²) in [6.45, 7) is 3.92. The molecule has 1 aliphatic rings. The second kappa shape index (κ2) is 13.6. The van der Waals surface area contributed by atoms with E-state index in [2.05, 4.69) is 20.9 Å². The Morgan fingerprint density at radius 2 is 1.77 bits per heavy atom. The van der Waals surface area contributed by atoms with Crippen LogP contribution in [0.15, 0.2) is 80.1 Å². The fraction of sp³-hybridized carbons (Fsp3) is 0.219. The first kappa shape index (κ1) is 31.8. The van der Waals surface area contributed by atoms with Crippen molar-refractivity contribution in [2.24, 2.45) is 4.99 Å². The smallest absolute Gasteiger partial charge is 0.338 e. The lowest BCUT2D eigenvalue weighted by Crippen LogP contribution is -2.40. The van der Waals surface area contributed by atoms with Crippen molar-refractivity contribution in [2.45, 2.75) is 26.5 Å². The van der Waals surface area contributed by atoms with Crippen molar-refractivity contribution < 1.29 is 23.7 Å². The van der Waals surface area contributed by atoms with E-state index in [-0.39, 0.29) is 24.3 Å². The average Bonchev–Trinajstić information content (AvgIpc) is 3.30. The van der Waals surface area contributed by atoms with Gasteiger partial charge < -0.3 is 18.9 Å². The van der Waals surface area contributed by atoms with E-state index in [1.165, 1.54) is 30.1 Å². The molecule has 0 bridgehead atoms. The zero-order valence-electron chi connectivity index (χ0n) is 24.2. The van der Waals surface area contributed by atoms with Gasteiger partial charge in [-0.05, 0) is 67.4 Å². The highest BCUT2D eigenvalue weighted by atomic mass is 79.9.